The maximum atomic E-state index is 12.4. The summed E-state index contributed by atoms with van der Waals surface area (Å²) in [6.07, 6.45) is 1.88. The van der Waals surface area contributed by atoms with Gasteiger partial charge in [-0.3, -0.25) is 4.79 Å². The number of para-hydroxylation sites is 1. The number of thiazole rings is 1. The second-order valence-electron chi connectivity index (χ2n) is 6.22. The Hall–Kier alpha value is -2.25. The van der Waals surface area contributed by atoms with Crippen LogP contribution in [0.1, 0.15) is 34.3 Å². The fraction of sp³-hybridized carbons (Fsp3) is 0.316. The van der Waals surface area contributed by atoms with E-state index >= 15 is 0 Å². The van der Waals surface area contributed by atoms with Crippen molar-refractivity contribution in [3.8, 4) is 17.0 Å². The quantitative estimate of drug-likeness (QED) is 0.672. The number of methoxy groups -OCH3 is 1. The normalized spacial score (nSPS) is 15.2. The first-order chi connectivity index (χ1) is 12.8. The van der Waals surface area contributed by atoms with E-state index in [1.165, 1.54) is 11.5 Å². The molecular weight excluding hydrogens is 366 g/mol. The number of benzene rings is 1. The first-order valence-electron chi connectivity index (χ1n) is 8.54. The third kappa shape index (κ3) is 3.37. The molecule has 1 aromatic carbocycles. The fourth-order valence-electron chi connectivity index (χ4n) is 3.27. The molecule has 3 heterocycles. The highest BCUT2D eigenvalue weighted by Crippen LogP contribution is 2.35. The van der Waals surface area contributed by atoms with E-state index in [9.17, 15) is 4.79 Å². The number of piperidine rings is 1. The summed E-state index contributed by atoms with van der Waals surface area (Å²) in [6.45, 7) is 1.51. The van der Waals surface area contributed by atoms with E-state index in [0.29, 0.717) is 11.6 Å². The summed E-state index contributed by atoms with van der Waals surface area (Å²) >= 11 is 3.01. The van der Waals surface area contributed by atoms with Crippen LogP contribution in [0, 0.1) is 0 Å². The molecule has 1 fully saturated rings. The van der Waals surface area contributed by atoms with Gasteiger partial charge in [-0.05, 0) is 42.6 Å². The Morgan fingerprint density at radius 3 is 2.77 bits per heavy atom. The minimum Gasteiger partial charge on any atom is -0.496 e. The average Bonchev–Trinajstić information content (AvgIpc) is 3.39. The average molecular weight is 386 g/mol. The lowest BCUT2D eigenvalue weighted by Crippen LogP contribution is -2.38. The molecule has 2 aromatic heterocycles. The highest BCUT2D eigenvalue weighted by molar-refractivity contribution is 7.10. The largest absolute Gasteiger partial charge is 0.496 e. The molecular formula is C19H19N3O2S2. The van der Waals surface area contributed by atoms with Crippen LogP contribution in [0.4, 0.5) is 0 Å². The van der Waals surface area contributed by atoms with Crippen molar-refractivity contribution in [2.24, 2.45) is 0 Å². The Balaban J connectivity index is 1.44. The second kappa shape index (κ2) is 7.55. The lowest BCUT2D eigenvalue weighted by atomic mass is 9.97. The molecule has 1 amide bonds. The molecule has 0 saturated carbocycles. The van der Waals surface area contributed by atoms with Gasteiger partial charge in [-0.1, -0.05) is 12.1 Å². The maximum absolute atomic E-state index is 12.4. The number of amides is 1. The number of rotatable bonds is 4. The predicted octanol–water partition coefficient (Wildman–Crippen LogP) is 4.30. The van der Waals surface area contributed by atoms with Gasteiger partial charge >= 0.3 is 0 Å². The third-order valence-corrected chi connectivity index (χ3v) is 6.26. The third-order valence-electron chi connectivity index (χ3n) is 4.69. The molecule has 0 unspecified atom stereocenters. The van der Waals surface area contributed by atoms with E-state index in [1.54, 1.807) is 24.5 Å². The van der Waals surface area contributed by atoms with Crippen molar-refractivity contribution in [1.82, 2.24) is 14.3 Å². The van der Waals surface area contributed by atoms with E-state index in [4.69, 9.17) is 9.72 Å². The SMILES string of the molecule is COc1ccccc1-c1csc(C2CCN(C(=O)c3ccsn3)CC2)n1. The number of carbonyl (C=O) groups is 1. The van der Waals surface area contributed by atoms with Crippen LogP contribution in [0.15, 0.2) is 41.1 Å². The minimum absolute atomic E-state index is 0.0403. The van der Waals surface area contributed by atoms with Crippen LogP contribution in [-0.4, -0.2) is 40.4 Å². The molecule has 0 radical (unpaired) electrons. The number of ether oxygens (including phenoxy) is 1. The van der Waals surface area contributed by atoms with Gasteiger partial charge in [-0.2, -0.15) is 4.37 Å². The van der Waals surface area contributed by atoms with Crippen LogP contribution in [0.5, 0.6) is 5.75 Å². The van der Waals surface area contributed by atoms with Gasteiger partial charge in [-0.15, -0.1) is 11.3 Å². The van der Waals surface area contributed by atoms with Crippen LogP contribution in [0.2, 0.25) is 0 Å². The molecule has 1 aliphatic rings. The Kier molecular flexibility index (Phi) is 4.99. The number of likely N-dealkylation sites (tertiary alicyclic amines) is 1. The molecule has 4 rings (SSSR count). The van der Waals surface area contributed by atoms with Crippen molar-refractivity contribution in [1.29, 1.82) is 0 Å². The van der Waals surface area contributed by atoms with E-state index < -0.39 is 0 Å². The van der Waals surface area contributed by atoms with Gasteiger partial charge < -0.3 is 9.64 Å². The molecule has 5 nitrogen and oxygen atoms in total. The molecule has 7 heteroatoms. The highest BCUT2D eigenvalue weighted by Gasteiger charge is 2.27. The maximum Gasteiger partial charge on any atom is 0.273 e. The molecule has 134 valence electrons. The topological polar surface area (TPSA) is 55.3 Å². The standard InChI is InChI=1S/C19H19N3O2S2/c1-24-17-5-3-2-4-14(17)16-12-25-18(20-16)13-6-9-22(10-7-13)19(23)15-8-11-26-21-15/h2-5,8,11-13H,6-7,9-10H2,1H3. The Bertz CT molecular complexity index is 884. The van der Waals surface area contributed by atoms with Crippen LogP contribution in [0.25, 0.3) is 11.3 Å². The van der Waals surface area contributed by atoms with Crippen LogP contribution in [0.3, 0.4) is 0 Å². The van der Waals surface area contributed by atoms with E-state index in [-0.39, 0.29) is 5.91 Å². The van der Waals surface area contributed by atoms with Crippen molar-refractivity contribution < 1.29 is 9.53 Å². The van der Waals surface area contributed by atoms with E-state index in [2.05, 4.69) is 9.75 Å². The van der Waals surface area contributed by atoms with Gasteiger partial charge in [0.2, 0.25) is 0 Å². The van der Waals surface area contributed by atoms with Gasteiger partial charge in [0.15, 0.2) is 0 Å². The summed E-state index contributed by atoms with van der Waals surface area (Å²) in [6, 6.07) is 9.74. The van der Waals surface area contributed by atoms with Gasteiger partial charge in [0.1, 0.15) is 11.4 Å². The zero-order chi connectivity index (χ0) is 17.9. The smallest absolute Gasteiger partial charge is 0.273 e. The van der Waals surface area contributed by atoms with E-state index in [1.807, 2.05) is 34.5 Å². The lowest BCUT2D eigenvalue weighted by Gasteiger charge is -2.30. The predicted molar refractivity (Wildman–Crippen MR) is 104 cm³/mol. The summed E-state index contributed by atoms with van der Waals surface area (Å²) in [5.74, 6) is 1.29. The van der Waals surface area contributed by atoms with Gasteiger partial charge in [-0.25, -0.2) is 4.98 Å². The van der Waals surface area contributed by atoms with Crippen molar-refractivity contribution in [3.05, 3.63) is 51.8 Å². The first kappa shape index (κ1) is 17.2. The van der Waals surface area contributed by atoms with Crippen molar-refractivity contribution in [3.63, 3.8) is 0 Å². The Labute approximate surface area is 160 Å². The number of nitrogens with zero attached hydrogens (tertiary/aromatic N) is 3. The monoisotopic (exact) mass is 385 g/mol. The number of hydrogen-bond acceptors (Lipinski definition) is 6. The zero-order valence-electron chi connectivity index (χ0n) is 14.4. The Morgan fingerprint density at radius 1 is 1.23 bits per heavy atom. The minimum atomic E-state index is 0.0403. The van der Waals surface area contributed by atoms with Crippen molar-refractivity contribution in [2.75, 3.05) is 20.2 Å². The lowest BCUT2D eigenvalue weighted by molar-refractivity contribution is 0.0708. The zero-order valence-corrected chi connectivity index (χ0v) is 16.1. The first-order valence-corrected chi connectivity index (χ1v) is 10.3. The van der Waals surface area contributed by atoms with Crippen molar-refractivity contribution >= 4 is 28.8 Å². The molecule has 0 N–H and O–H groups in total. The number of aromatic nitrogens is 2. The fourth-order valence-corrected chi connectivity index (χ4v) is 4.76. The number of carbonyl (C=O) groups excluding carboxylic acids is 1. The molecule has 3 aromatic rings. The van der Waals surface area contributed by atoms with Crippen molar-refractivity contribution in [2.45, 2.75) is 18.8 Å². The summed E-state index contributed by atoms with van der Waals surface area (Å²) in [5.41, 5.74) is 2.54. The van der Waals surface area contributed by atoms with Crippen LogP contribution < -0.4 is 4.74 Å². The van der Waals surface area contributed by atoms with Crippen LogP contribution >= 0.6 is 22.9 Å². The molecule has 0 bridgehead atoms. The van der Waals surface area contributed by atoms with Gasteiger partial charge in [0.25, 0.3) is 5.91 Å². The molecule has 0 spiro atoms. The molecule has 1 saturated heterocycles. The van der Waals surface area contributed by atoms with Gasteiger partial charge in [0, 0.05) is 35.3 Å². The summed E-state index contributed by atoms with van der Waals surface area (Å²) < 4.78 is 9.60. The highest BCUT2D eigenvalue weighted by atomic mass is 32.1. The van der Waals surface area contributed by atoms with Gasteiger partial charge in [0.05, 0.1) is 17.8 Å². The Morgan fingerprint density at radius 2 is 2.04 bits per heavy atom. The summed E-state index contributed by atoms with van der Waals surface area (Å²) in [4.78, 5) is 19.2. The molecule has 1 aliphatic heterocycles. The molecule has 0 atom stereocenters. The molecule has 26 heavy (non-hydrogen) atoms. The number of hydrogen-bond donors (Lipinski definition) is 0. The molecule has 0 aliphatic carbocycles. The summed E-state index contributed by atoms with van der Waals surface area (Å²) in [5, 5.41) is 5.08. The summed E-state index contributed by atoms with van der Waals surface area (Å²) in [7, 11) is 1.68. The second-order valence-corrected chi connectivity index (χ2v) is 7.78. The van der Waals surface area contributed by atoms with E-state index in [0.717, 1.165) is 47.9 Å². The van der Waals surface area contributed by atoms with Crippen LogP contribution in [-0.2, 0) is 0 Å².